The number of methoxy groups -OCH3 is 1. The van der Waals surface area contributed by atoms with Crippen LogP contribution in [0.5, 0.6) is 11.5 Å². The Bertz CT molecular complexity index is 1070. The van der Waals surface area contributed by atoms with Crippen molar-refractivity contribution in [2.24, 2.45) is 0 Å². The van der Waals surface area contributed by atoms with Crippen molar-refractivity contribution < 1.29 is 17.9 Å². The molecule has 0 N–H and O–H groups in total. The van der Waals surface area contributed by atoms with Gasteiger partial charge >= 0.3 is 0 Å². The average Bonchev–Trinajstić information content (AvgIpc) is 3.23. The molecule has 6 nitrogen and oxygen atoms in total. The first-order valence-corrected chi connectivity index (χ1v) is 11.0. The predicted molar refractivity (Wildman–Crippen MR) is 111 cm³/mol. The normalized spacial score (nSPS) is 17.0. The van der Waals surface area contributed by atoms with E-state index >= 15 is 0 Å². The second kappa shape index (κ2) is 7.93. The number of fused-ring (bicyclic) bond motifs is 1. The van der Waals surface area contributed by atoms with Crippen LogP contribution in [0.1, 0.15) is 24.2 Å². The Balaban J connectivity index is 1.76. The van der Waals surface area contributed by atoms with Gasteiger partial charge in [-0.2, -0.15) is 4.31 Å². The number of sulfonamides is 1. The highest BCUT2D eigenvalue weighted by Gasteiger charge is 2.37. The Hall–Kier alpha value is -2.77. The number of rotatable bonds is 6. The molecule has 152 valence electrons. The molecule has 0 bridgehead atoms. The van der Waals surface area contributed by atoms with Crippen LogP contribution in [0.15, 0.2) is 71.8 Å². The Kier molecular flexibility index (Phi) is 5.34. The van der Waals surface area contributed by atoms with Gasteiger partial charge in [0, 0.05) is 25.0 Å². The summed E-state index contributed by atoms with van der Waals surface area (Å²) in [5.74, 6) is 1.39. The van der Waals surface area contributed by atoms with Crippen molar-refractivity contribution in [2.45, 2.75) is 24.4 Å². The van der Waals surface area contributed by atoms with Crippen LogP contribution < -0.4 is 9.47 Å². The van der Waals surface area contributed by atoms with Crippen molar-refractivity contribution in [3.63, 3.8) is 0 Å². The molecule has 3 aromatic rings. The summed E-state index contributed by atoms with van der Waals surface area (Å²) in [5.41, 5.74) is 1.86. The van der Waals surface area contributed by atoms with Crippen LogP contribution in [0, 0.1) is 0 Å². The number of ether oxygens (including phenoxy) is 2. The van der Waals surface area contributed by atoms with E-state index in [0.29, 0.717) is 25.4 Å². The summed E-state index contributed by atoms with van der Waals surface area (Å²) in [6, 6.07) is 17.7. The fourth-order valence-electron chi connectivity index (χ4n) is 3.75. The Morgan fingerprint density at radius 3 is 2.31 bits per heavy atom. The van der Waals surface area contributed by atoms with Gasteiger partial charge in [0.25, 0.3) is 0 Å². The van der Waals surface area contributed by atoms with Gasteiger partial charge in [-0.15, -0.1) is 0 Å². The maximum atomic E-state index is 13.5. The summed E-state index contributed by atoms with van der Waals surface area (Å²) in [6.07, 6.45) is 1.99. The van der Waals surface area contributed by atoms with Crippen molar-refractivity contribution in [1.29, 1.82) is 0 Å². The van der Waals surface area contributed by atoms with E-state index in [1.54, 1.807) is 35.7 Å². The molecule has 1 aliphatic rings. The topological polar surface area (TPSA) is 60.8 Å². The minimum absolute atomic E-state index is 0.259. The smallest absolute Gasteiger partial charge is 0.244 e. The fourth-order valence-corrected chi connectivity index (χ4v) is 5.33. The molecule has 1 aliphatic heterocycles. The van der Waals surface area contributed by atoms with E-state index in [2.05, 4.69) is 4.57 Å². The Labute approximate surface area is 171 Å². The largest absolute Gasteiger partial charge is 0.497 e. The monoisotopic (exact) mass is 412 g/mol. The van der Waals surface area contributed by atoms with E-state index in [-0.39, 0.29) is 4.90 Å². The molecule has 4 rings (SSSR count). The zero-order valence-electron chi connectivity index (χ0n) is 16.5. The van der Waals surface area contributed by atoms with Gasteiger partial charge in [0.2, 0.25) is 10.0 Å². The van der Waals surface area contributed by atoms with Crippen molar-refractivity contribution >= 4 is 10.0 Å². The zero-order valence-corrected chi connectivity index (χ0v) is 17.3. The maximum Gasteiger partial charge on any atom is 0.244 e. The molecule has 0 amide bonds. The number of nitrogens with zero attached hydrogens (tertiary/aromatic N) is 2. The van der Waals surface area contributed by atoms with Crippen molar-refractivity contribution in [1.82, 2.24) is 8.87 Å². The second-order valence-corrected chi connectivity index (χ2v) is 8.71. The standard InChI is InChI=1S/C22H24N2O4S/c1-3-28-19-8-6-17(7-9-19)22-21-5-4-14-23(21)15-16-24(22)29(25,26)20-12-10-18(27-2)11-13-20/h4-14,22H,3,15-16H2,1-2H3. The third-order valence-electron chi connectivity index (χ3n) is 5.17. The second-order valence-electron chi connectivity index (χ2n) is 6.82. The lowest BCUT2D eigenvalue weighted by atomic mass is 10.0. The van der Waals surface area contributed by atoms with E-state index in [9.17, 15) is 8.42 Å². The van der Waals surface area contributed by atoms with Gasteiger partial charge in [-0.25, -0.2) is 8.42 Å². The van der Waals surface area contributed by atoms with Crippen LogP contribution in [-0.2, 0) is 16.6 Å². The lowest BCUT2D eigenvalue weighted by molar-refractivity contribution is 0.298. The minimum Gasteiger partial charge on any atom is -0.497 e. The SMILES string of the molecule is CCOc1ccc(C2c3cccn3CCN2S(=O)(=O)c2ccc(OC)cc2)cc1. The molecule has 2 heterocycles. The van der Waals surface area contributed by atoms with E-state index < -0.39 is 16.1 Å². The summed E-state index contributed by atoms with van der Waals surface area (Å²) in [5, 5.41) is 0. The molecule has 7 heteroatoms. The summed E-state index contributed by atoms with van der Waals surface area (Å²) in [7, 11) is -2.13. The predicted octanol–water partition coefficient (Wildman–Crippen LogP) is 3.69. The first-order valence-electron chi connectivity index (χ1n) is 9.58. The number of hydrogen-bond acceptors (Lipinski definition) is 4. The Morgan fingerprint density at radius 1 is 0.966 bits per heavy atom. The summed E-state index contributed by atoms with van der Waals surface area (Å²) >= 11 is 0. The molecular formula is C22H24N2O4S. The maximum absolute atomic E-state index is 13.5. The number of benzene rings is 2. The molecule has 1 unspecified atom stereocenters. The third kappa shape index (κ3) is 3.63. The first kappa shape index (κ1) is 19.5. The summed E-state index contributed by atoms with van der Waals surface area (Å²) in [4.78, 5) is 0.259. The molecule has 0 radical (unpaired) electrons. The lowest BCUT2D eigenvalue weighted by Gasteiger charge is -2.36. The quantitative estimate of drug-likeness (QED) is 0.620. The van der Waals surface area contributed by atoms with E-state index in [1.807, 2.05) is 49.5 Å². The van der Waals surface area contributed by atoms with Crippen LogP contribution in [0.3, 0.4) is 0 Å². The molecule has 29 heavy (non-hydrogen) atoms. The van der Waals surface area contributed by atoms with E-state index in [1.165, 1.54) is 0 Å². The third-order valence-corrected chi connectivity index (χ3v) is 7.05. The van der Waals surface area contributed by atoms with E-state index in [4.69, 9.17) is 9.47 Å². The van der Waals surface area contributed by atoms with Crippen LogP contribution in [-0.4, -0.2) is 37.6 Å². The van der Waals surface area contributed by atoms with Gasteiger partial charge in [0.15, 0.2) is 0 Å². The molecule has 0 fully saturated rings. The summed E-state index contributed by atoms with van der Waals surface area (Å²) in [6.45, 7) is 3.54. The highest BCUT2D eigenvalue weighted by atomic mass is 32.2. The molecule has 0 spiro atoms. The van der Waals surface area contributed by atoms with Gasteiger partial charge in [-0.05, 0) is 61.0 Å². The highest BCUT2D eigenvalue weighted by Crippen LogP contribution is 2.37. The van der Waals surface area contributed by atoms with Gasteiger partial charge in [0.05, 0.1) is 24.7 Å². The molecule has 0 aliphatic carbocycles. The van der Waals surface area contributed by atoms with E-state index in [0.717, 1.165) is 17.0 Å². The molecular weight excluding hydrogens is 388 g/mol. The molecule has 0 saturated carbocycles. The lowest BCUT2D eigenvalue weighted by Crippen LogP contribution is -2.42. The van der Waals surface area contributed by atoms with Crippen molar-refractivity contribution in [3.05, 3.63) is 78.1 Å². The molecule has 0 saturated heterocycles. The van der Waals surface area contributed by atoms with Crippen molar-refractivity contribution in [2.75, 3.05) is 20.3 Å². The summed E-state index contributed by atoms with van der Waals surface area (Å²) < 4.78 is 41.4. The van der Waals surface area contributed by atoms with Crippen molar-refractivity contribution in [3.8, 4) is 11.5 Å². The van der Waals surface area contributed by atoms with Gasteiger partial charge in [0.1, 0.15) is 11.5 Å². The first-order chi connectivity index (χ1) is 14.0. The molecule has 2 aromatic carbocycles. The van der Waals surface area contributed by atoms with Gasteiger partial charge in [-0.3, -0.25) is 0 Å². The van der Waals surface area contributed by atoms with Crippen LogP contribution in [0.25, 0.3) is 0 Å². The van der Waals surface area contributed by atoms with Crippen LogP contribution >= 0.6 is 0 Å². The number of aromatic nitrogens is 1. The van der Waals surface area contributed by atoms with Crippen LogP contribution in [0.2, 0.25) is 0 Å². The average molecular weight is 413 g/mol. The van der Waals surface area contributed by atoms with Gasteiger partial charge in [-0.1, -0.05) is 12.1 Å². The Morgan fingerprint density at radius 2 is 1.66 bits per heavy atom. The van der Waals surface area contributed by atoms with Crippen LogP contribution in [0.4, 0.5) is 0 Å². The zero-order chi connectivity index (χ0) is 20.4. The van der Waals surface area contributed by atoms with Gasteiger partial charge < -0.3 is 14.0 Å². The number of hydrogen-bond donors (Lipinski definition) is 0. The highest BCUT2D eigenvalue weighted by molar-refractivity contribution is 7.89. The fraction of sp³-hybridized carbons (Fsp3) is 0.273. The minimum atomic E-state index is -3.69. The molecule has 1 atom stereocenters. The molecule has 1 aromatic heterocycles.